The van der Waals surface area contributed by atoms with E-state index < -0.39 is 6.09 Å². The van der Waals surface area contributed by atoms with Crippen molar-refractivity contribution in [3.8, 4) is 6.07 Å². The molecule has 1 aliphatic carbocycles. The molecule has 1 aromatic rings. The zero-order chi connectivity index (χ0) is 18.9. The number of likely N-dealkylation sites (tertiary alicyclic amines) is 2. The first-order valence-corrected chi connectivity index (χ1v) is 9.99. The minimum atomic E-state index is -0.844. The number of piperidine rings is 1. The van der Waals surface area contributed by atoms with Gasteiger partial charge in [-0.05, 0) is 30.7 Å². The zero-order valence-electron chi connectivity index (χ0n) is 15.7. The van der Waals surface area contributed by atoms with Crippen LogP contribution in [0.1, 0.15) is 37.2 Å². The molecule has 0 radical (unpaired) electrons. The molecule has 6 heteroatoms. The Hall–Kier alpha value is -2.10. The quantitative estimate of drug-likeness (QED) is 0.806. The predicted octanol–water partition coefficient (Wildman–Crippen LogP) is 2.49. The molecule has 3 aliphatic rings. The highest BCUT2D eigenvalue weighted by molar-refractivity contribution is 5.65. The van der Waals surface area contributed by atoms with Gasteiger partial charge in [0.25, 0.3) is 0 Å². The van der Waals surface area contributed by atoms with Crippen LogP contribution in [0, 0.1) is 17.2 Å². The summed E-state index contributed by atoms with van der Waals surface area (Å²) in [5, 5.41) is 22.2. The standard InChI is InChI=1S/C21H28N4O2/c22-9-6-21(7-10-24(11-8-21)20(26)27)25-14-16(15-25)13-23-19-12-18(19)17-4-2-1-3-5-17/h1-5,16,18-19,23H,6-8,10-15H2,(H,26,27)/t18-,19+/m0/s1. The molecule has 0 bridgehead atoms. The number of carbonyl (C=O) groups is 1. The van der Waals surface area contributed by atoms with Crippen molar-refractivity contribution >= 4 is 6.09 Å². The Bertz CT molecular complexity index is 703. The molecule has 1 amide bonds. The smallest absolute Gasteiger partial charge is 0.407 e. The van der Waals surface area contributed by atoms with Crippen molar-refractivity contribution in [1.82, 2.24) is 15.1 Å². The number of rotatable bonds is 6. The van der Waals surface area contributed by atoms with E-state index in [-0.39, 0.29) is 5.54 Å². The molecule has 27 heavy (non-hydrogen) atoms. The van der Waals surface area contributed by atoms with Crippen molar-refractivity contribution in [1.29, 1.82) is 5.26 Å². The molecule has 2 aliphatic heterocycles. The van der Waals surface area contributed by atoms with Crippen LogP contribution in [0.4, 0.5) is 4.79 Å². The number of hydrogen-bond acceptors (Lipinski definition) is 4. The molecule has 0 spiro atoms. The molecule has 1 saturated carbocycles. The summed E-state index contributed by atoms with van der Waals surface area (Å²) >= 11 is 0. The zero-order valence-corrected chi connectivity index (χ0v) is 15.7. The van der Waals surface area contributed by atoms with Gasteiger partial charge in [-0.3, -0.25) is 4.90 Å². The third-order valence-corrected chi connectivity index (χ3v) is 6.69. The van der Waals surface area contributed by atoms with Crippen LogP contribution in [0.15, 0.2) is 30.3 Å². The number of nitriles is 1. The Balaban J connectivity index is 1.23. The molecule has 4 rings (SSSR count). The molecule has 0 unspecified atom stereocenters. The normalized spacial score (nSPS) is 27.6. The molecule has 0 aromatic heterocycles. The van der Waals surface area contributed by atoms with E-state index in [1.807, 2.05) is 0 Å². The van der Waals surface area contributed by atoms with Gasteiger partial charge < -0.3 is 15.3 Å². The summed E-state index contributed by atoms with van der Waals surface area (Å²) in [5.41, 5.74) is 1.31. The van der Waals surface area contributed by atoms with Crippen LogP contribution >= 0.6 is 0 Å². The number of nitrogens with one attached hydrogen (secondary N) is 1. The molecule has 2 saturated heterocycles. The molecule has 3 fully saturated rings. The van der Waals surface area contributed by atoms with Crippen molar-refractivity contribution in [2.24, 2.45) is 5.92 Å². The number of benzene rings is 1. The molecule has 2 heterocycles. The second-order valence-electron chi connectivity index (χ2n) is 8.37. The molecule has 1 aromatic carbocycles. The first-order chi connectivity index (χ1) is 13.1. The fourth-order valence-corrected chi connectivity index (χ4v) is 4.76. The summed E-state index contributed by atoms with van der Waals surface area (Å²) in [6.07, 6.45) is 2.42. The van der Waals surface area contributed by atoms with Gasteiger partial charge in [-0.25, -0.2) is 4.79 Å². The topological polar surface area (TPSA) is 79.6 Å². The molecular weight excluding hydrogens is 340 g/mol. The summed E-state index contributed by atoms with van der Waals surface area (Å²) in [7, 11) is 0. The third-order valence-electron chi connectivity index (χ3n) is 6.69. The highest BCUT2D eigenvalue weighted by Crippen LogP contribution is 2.41. The molecule has 2 N–H and O–H groups in total. The monoisotopic (exact) mass is 368 g/mol. The molecule has 6 nitrogen and oxygen atoms in total. The van der Waals surface area contributed by atoms with Crippen LogP contribution in [0.25, 0.3) is 0 Å². The number of nitrogens with zero attached hydrogens (tertiary/aromatic N) is 3. The fourth-order valence-electron chi connectivity index (χ4n) is 4.76. The average Bonchev–Trinajstić information content (AvgIpc) is 3.41. The van der Waals surface area contributed by atoms with Crippen LogP contribution in [-0.4, -0.2) is 65.3 Å². The highest BCUT2D eigenvalue weighted by Gasteiger charge is 2.46. The van der Waals surface area contributed by atoms with Crippen LogP contribution in [0.3, 0.4) is 0 Å². The average molecular weight is 368 g/mol. The van der Waals surface area contributed by atoms with Crippen LogP contribution in [0.2, 0.25) is 0 Å². The van der Waals surface area contributed by atoms with Crippen LogP contribution in [-0.2, 0) is 0 Å². The van der Waals surface area contributed by atoms with Gasteiger partial charge >= 0.3 is 6.09 Å². The molecule has 2 atom stereocenters. The van der Waals surface area contributed by atoms with E-state index in [0.717, 1.165) is 32.5 Å². The molecule has 144 valence electrons. The summed E-state index contributed by atoms with van der Waals surface area (Å²) < 4.78 is 0. The largest absolute Gasteiger partial charge is 0.465 e. The number of carboxylic acid groups (broad SMARTS) is 1. The summed E-state index contributed by atoms with van der Waals surface area (Å²) in [5.74, 6) is 1.29. The Morgan fingerprint density at radius 2 is 1.96 bits per heavy atom. The predicted molar refractivity (Wildman–Crippen MR) is 102 cm³/mol. The van der Waals surface area contributed by atoms with E-state index in [1.54, 1.807) is 0 Å². The van der Waals surface area contributed by atoms with Crippen molar-refractivity contribution < 1.29 is 9.90 Å². The van der Waals surface area contributed by atoms with E-state index in [0.29, 0.717) is 37.4 Å². The summed E-state index contributed by atoms with van der Waals surface area (Å²) in [6, 6.07) is 13.7. The number of amides is 1. The van der Waals surface area contributed by atoms with Gasteiger partial charge in [-0.2, -0.15) is 5.26 Å². The maximum absolute atomic E-state index is 11.2. The fraction of sp³-hybridized carbons (Fsp3) is 0.619. The maximum Gasteiger partial charge on any atom is 0.407 e. The van der Waals surface area contributed by atoms with Crippen molar-refractivity contribution in [2.45, 2.75) is 43.2 Å². The van der Waals surface area contributed by atoms with E-state index in [4.69, 9.17) is 5.11 Å². The molecular formula is C21H28N4O2. The van der Waals surface area contributed by atoms with Gasteiger partial charge in [0.05, 0.1) is 12.5 Å². The lowest BCUT2D eigenvalue weighted by Gasteiger charge is -2.54. The van der Waals surface area contributed by atoms with Gasteiger partial charge in [0.15, 0.2) is 0 Å². The van der Waals surface area contributed by atoms with E-state index in [9.17, 15) is 10.1 Å². The van der Waals surface area contributed by atoms with E-state index in [2.05, 4.69) is 46.6 Å². The minimum Gasteiger partial charge on any atom is -0.465 e. The van der Waals surface area contributed by atoms with Crippen molar-refractivity contribution in [3.63, 3.8) is 0 Å². The van der Waals surface area contributed by atoms with Crippen LogP contribution in [0.5, 0.6) is 0 Å². The highest BCUT2D eigenvalue weighted by atomic mass is 16.4. The van der Waals surface area contributed by atoms with Crippen molar-refractivity contribution in [2.75, 3.05) is 32.7 Å². The van der Waals surface area contributed by atoms with Gasteiger partial charge in [-0.1, -0.05) is 30.3 Å². The van der Waals surface area contributed by atoms with Gasteiger partial charge in [-0.15, -0.1) is 0 Å². The van der Waals surface area contributed by atoms with Crippen molar-refractivity contribution in [3.05, 3.63) is 35.9 Å². The summed E-state index contributed by atoms with van der Waals surface area (Å²) in [6.45, 7) is 4.15. The Kier molecular flexibility index (Phi) is 5.07. The first kappa shape index (κ1) is 18.3. The van der Waals surface area contributed by atoms with E-state index in [1.165, 1.54) is 16.9 Å². The minimum absolute atomic E-state index is 0.122. The lowest BCUT2D eigenvalue weighted by molar-refractivity contribution is -0.0454. The SMILES string of the molecule is N#CCC1(N2CC(CN[C@@H]3C[C@H]3c3ccccc3)C2)CCN(C(=O)O)CC1. The summed E-state index contributed by atoms with van der Waals surface area (Å²) in [4.78, 5) is 15.1. The maximum atomic E-state index is 11.2. The Morgan fingerprint density at radius 1 is 1.26 bits per heavy atom. The van der Waals surface area contributed by atoms with Gasteiger partial charge in [0.2, 0.25) is 0 Å². The van der Waals surface area contributed by atoms with E-state index >= 15 is 0 Å². The second-order valence-corrected chi connectivity index (χ2v) is 8.37. The second kappa shape index (κ2) is 7.49. The lowest BCUT2D eigenvalue weighted by Crippen LogP contribution is -2.64. The third kappa shape index (κ3) is 3.80. The van der Waals surface area contributed by atoms with Gasteiger partial charge in [0.1, 0.15) is 0 Å². The number of hydrogen-bond donors (Lipinski definition) is 2. The Labute approximate surface area is 160 Å². The van der Waals surface area contributed by atoms with Crippen LogP contribution < -0.4 is 5.32 Å². The van der Waals surface area contributed by atoms with Gasteiger partial charge in [0, 0.05) is 50.2 Å². The lowest BCUT2D eigenvalue weighted by atomic mass is 9.79. The Morgan fingerprint density at radius 3 is 2.59 bits per heavy atom. The first-order valence-electron chi connectivity index (χ1n) is 9.99.